The SMILES string of the molecule is CCCCCCCc1nc2cc(CN)ccc2n1CCC. The van der Waals surface area contributed by atoms with E-state index in [1.54, 1.807) is 0 Å². The molecular weight excluding hydrogens is 258 g/mol. The van der Waals surface area contributed by atoms with Gasteiger partial charge in [0, 0.05) is 19.5 Å². The maximum Gasteiger partial charge on any atom is 0.109 e. The Labute approximate surface area is 128 Å². The van der Waals surface area contributed by atoms with Crippen LogP contribution in [0.4, 0.5) is 0 Å². The first-order chi connectivity index (χ1) is 10.3. The molecular formula is C18H29N3. The number of unbranched alkanes of at least 4 members (excludes halogenated alkanes) is 4. The molecule has 3 heteroatoms. The molecule has 2 N–H and O–H groups in total. The number of nitrogens with two attached hydrogens (primary N) is 1. The average molecular weight is 287 g/mol. The normalized spacial score (nSPS) is 11.4. The van der Waals surface area contributed by atoms with Crippen LogP contribution in [0.15, 0.2) is 18.2 Å². The van der Waals surface area contributed by atoms with Crippen LogP contribution in [0, 0.1) is 0 Å². The van der Waals surface area contributed by atoms with E-state index in [-0.39, 0.29) is 0 Å². The summed E-state index contributed by atoms with van der Waals surface area (Å²) in [6.07, 6.45) is 8.81. The maximum atomic E-state index is 5.74. The van der Waals surface area contributed by atoms with Crippen LogP contribution in [0.25, 0.3) is 11.0 Å². The predicted molar refractivity (Wildman–Crippen MR) is 90.4 cm³/mol. The fraction of sp³-hybridized carbons (Fsp3) is 0.611. The zero-order valence-electron chi connectivity index (χ0n) is 13.6. The minimum atomic E-state index is 0.586. The Hall–Kier alpha value is -1.35. The summed E-state index contributed by atoms with van der Waals surface area (Å²) in [6.45, 7) is 6.13. The summed E-state index contributed by atoms with van der Waals surface area (Å²) in [4.78, 5) is 4.87. The Balaban J connectivity index is 2.14. The number of nitrogens with zero attached hydrogens (tertiary/aromatic N) is 2. The Morgan fingerprint density at radius 2 is 1.86 bits per heavy atom. The van der Waals surface area contributed by atoms with Gasteiger partial charge in [0.2, 0.25) is 0 Å². The Kier molecular flexibility index (Phi) is 6.24. The second-order valence-electron chi connectivity index (χ2n) is 5.87. The summed E-state index contributed by atoms with van der Waals surface area (Å²) >= 11 is 0. The molecule has 116 valence electrons. The molecule has 0 unspecified atom stereocenters. The molecule has 0 saturated heterocycles. The molecule has 0 aliphatic heterocycles. The Morgan fingerprint density at radius 3 is 2.57 bits per heavy atom. The molecule has 0 aliphatic carbocycles. The molecule has 0 radical (unpaired) electrons. The first-order valence-electron chi connectivity index (χ1n) is 8.48. The lowest BCUT2D eigenvalue weighted by molar-refractivity contribution is 0.594. The average Bonchev–Trinajstić information content (AvgIpc) is 2.84. The van der Waals surface area contributed by atoms with Crippen molar-refractivity contribution in [2.45, 2.75) is 71.9 Å². The van der Waals surface area contributed by atoms with Crippen molar-refractivity contribution in [2.24, 2.45) is 5.73 Å². The number of aryl methyl sites for hydroxylation is 2. The standard InChI is InChI=1S/C18H29N3/c1-3-5-6-7-8-9-18-20-16-13-15(14-19)10-11-17(16)21(18)12-4-2/h10-11,13H,3-9,12,14,19H2,1-2H3. The quantitative estimate of drug-likeness (QED) is 0.694. The molecule has 2 rings (SSSR count). The number of rotatable bonds is 9. The van der Waals surface area contributed by atoms with E-state index < -0.39 is 0 Å². The third-order valence-electron chi connectivity index (χ3n) is 4.08. The van der Waals surface area contributed by atoms with Gasteiger partial charge >= 0.3 is 0 Å². The van der Waals surface area contributed by atoms with Crippen molar-refractivity contribution >= 4 is 11.0 Å². The molecule has 2 aromatic rings. The highest BCUT2D eigenvalue weighted by Gasteiger charge is 2.10. The lowest BCUT2D eigenvalue weighted by Gasteiger charge is -2.07. The van der Waals surface area contributed by atoms with Crippen molar-refractivity contribution in [1.29, 1.82) is 0 Å². The number of benzene rings is 1. The van der Waals surface area contributed by atoms with Gasteiger partial charge in [0.1, 0.15) is 5.82 Å². The second-order valence-corrected chi connectivity index (χ2v) is 5.87. The number of aromatic nitrogens is 2. The van der Waals surface area contributed by atoms with E-state index in [0.717, 1.165) is 30.5 Å². The van der Waals surface area contributed by atoms with Gasteiger partial charge in [-0.25, -0.2) is 4.98 Å². The van der Waals surface area contributed by atoms with Crippen LogP contribution >= 0.6 is 0 Å². The van der Waals surface area contributed by atoms with Gasteiger partial charge in [0.25, 0.3) is 0 Å². The third-order valence-corrected chi connectivity index (χ3v) is 4.08. The molecule has 3 nitrogen and oxygen atoms in total. The monoisotopic (exact) mass is 287 g/mol. The Morgan fingerprint density at radius 1 is 1.05 bits per heavy atom. The second kappa shape index (κ2) is 8.18. The van der Waals surface area contributed by atoms with Crippen LogP contribution in [0.2, 0.25) is 0 Å². The molecule has 21 heavy (non-hydrogen) atoms. The molecule has 0 bridgehead atoms. The van der Waals surface area contributed by atoms with Crippen LogP contribution in [0.5, 0.6) is 0 Å². The van der Waals surface area contributed by atoms with Crippen LogP contribution < -0.4 is 5.73 Å². The van der Waals surface area contributed by atoms with Gasteiger partial charge < -0.3 is 10.3 Å². The number of fused-ring (bicyclic) bond motifs is 1. The molecule has 0 aliphatic rings. The summed E-state index contributed by atoms with van der Waals surface area (Å²) in [7, 11) is 0. The van der Waals surface area contributed by atoms with E-state index in [2.05, 4.69) is 36.6 Å². The van der Waals surface area contributed by atoms with E-state index in [0.29, 0.717) is 6.54 Å². The minimum Gasteiger partial charge on any atom is -0.328 e. The van der Waals surface area contributed by atoms with Crippen molar-refractivity contribution in [3.63, 3.8) is 0 Å². The van der Waals surface area contributed by atoms with E-state index in [1.165, 1.54) is 43.4 Å². The summed E-state index contributed by atoms with van der Waals surface area (Å²) in [6, 6.07) is 6.45. The number of hydrogen-bond donors (Lipinski definition) is 1. The van der Waals surface area contributed by atoms with Crippen molar-refractivity contribution < 1.29 is 0 Å². The smallest absolute Gasteiger partial charge is 0.109 e. The molecule has 1 aromatic heterocycles. The minimum absolute atomic E-state index is 0.586. The van der Waals surface area contributed by atoms with Crippen LogP contribution in [0.3, 0.4) is 0 Å². The molecule has 0 saturated carbocycles. The summed E-state index contributed by atoms with van der Waals surface area (Å²) in [5, 5.41) is 0. The fourth-order valence-corrected chi connectivity index (χ4v) is 2.90. The van der Waals surface area contributed by atoms with Crippen LogP contribution in [0.1, 0.15) is 63.8 Å². The highest BCUT2D eigenvalue weighted by atomic mass is 15.1. The van der Waals surface area contributed by atoms with Crippen LogP contribution in [-0.2, 0) is 19.5 Å². The van der Waals surface area contributed by atoms with Gasteiger partial charge in [-0.1, -0.05) is 45.6 Å². The molecule has 0 spiro atoms. The zero-order valence-corrected chi connectivity index (χ0v) is 13.6. The highest BCUT2D eigenvalue weighted by Crippen LogP contribution is 2.20. The van der Waals surface area contributed by atoms with E-state index in [4.69, 9.17) is 10.7 Å². The van der Waals surface area contributed by atoms with Gasteiger partial charge in [-0.15, -0.1) is 0 Å². The molecule has 0 fully saturated rings. The molecule has 1 heterocycles. The van der Waals surface area contributed by atoms with E-state index in [1.807, 2.05) is 0 Å². The van der Waals surface area contributed by atoms with E-state index >= 15 is 0 Å². The first kappa shape index (κ1) is 16.0. The van der Waals surface area contributed by atoms with Crippen molar-refractivity contribution in [3.05, 3.63) is 29.6 Å². The Bertz CT molecular complexity index is 557. The van der Waals surface area contributed by atoms with Gasteiger partial charge in [0.15, 0.2) is 0 Å². The summed E-state index contributed by atoms with van der Waals surface area (Å²) in [5.41, 5.74) is 9.27. The first-order valence-corrected chi connectivity index (χ1v) is 8.48. The largest absolute Gasteiger partial charge is 0.328 e. The van der Waals surface area contributed by atoms with Gasteiger partial charge in [0.05, 0.1) is 11.0 Å². The highest BCUT2D eigenvalue weighted by molar-refractivity contribution is 5.77. The topological polar surface area (TPSA) is 43.8 Å². The number of hydrogen-bond acceptors (Lipinski definition) is 2. The predicted octanol–water partition coefficient (Wildman–Crippen LogP) is 4.42. The fourth-order valence-electron chi connectivity index (χ4n) is 2.90. The van der Waals surface area contributed by atoms with E-state index in [9.17, 15) is 0 Å². The van der Waals surface area contributed by atoms with Crippen molar-refractivity contribution in [3.8, 4) is 0 Å². The maximum absolute atomic E-state index is 5.74. The lowest BCUT2D eigenvalue weighted by atomic mass is 10.1. The van der Waals surface area contributed by atoms with Crippen molar-refractivity contribution in [2.75, 3.05) is 0 Å². The van der Waals surface area contributed by atoms with Crippen molar-refractivity contribution in [1.82, 2.24) is 9.55 Å². The molecule has 1 aromatic carbocycles. The zero-order chi connectivity index (χ0) is 15.1. The summed E-state index contributed by atoms with van der Waals surface area (Å²) in [5.74, 6) is 1.25. The third kappa shape index (κ3) is 4.07. The lowest BCUT2D eigenvalue weighted by Crippen LogP contribution is -2.03. The molecule has 0 amide bonds. The number of imidazole rings is 1. The van der Waals surface area contributed by atoms with Crippen LogP contribution in [-0.4, -0.2) is 9.55 Å². The van der Waals surface area contributed by atoms with Gasteiger partial charge in [-0.3, -0.25) is 0 Å². The summed E-state index contributed by atoms with van der Waals surface area (Å²) < 4.78 is 2.40. The van der Waals surface area contributed by atoms with Gasteiger partial charge in [-0.2, -0.15) is 0 Å². The molecule has 0 atom stereocenters. The van der Waals surface area contributed by atoms with Gasteiger partial charge in [-0.05, 0) is 30.5 Å².